The van der Waals surface area contributed by atoms with Crippen LogP contribution >= 0.6 is 0 Å². The van der Waals surface area contributed by atoms with Crippen molar-refractivity contribution in [1.29, 1.82) is 0 Å². The summed E-state index contributed by atoms with van der Waals surface area (Å²) in [6, 6.07) is 23.1. The maximum atomic E-state index is 12.4. The molecule has 0 fully saturated rings. The van der Waals surface area contributed by atoms with Crippen molar-refractivity contribution < 1.29 is 9.59 Å². The zero-order chi connectivity index (χ0) is 17.6. The van der Waals surface area contributed by atoms with Gasteiger partial charge in [-0.05, 0) is 23.8 Å². The Morgan fingerprint density at radius 1 is 0.720 bits per heavy atom. The van der Waals surface area contributed by atoms with E-state index in [0.717, 1.165) is 5.56 Å². The van der Waals surface area contributed by atoms with Gasteiger partial charge < -0.3 is 11.1 Å². The number of para-hydroxylation sites is 1. The highest BCUT2D eigenvalue weighted by Gasteiger charge is 2.11. The van der Waals surface area contributed by atoms with Crippen LogP contribution in [0.5, 0.6) is 0 Å². The molecule has 124 valence electrons. The Bertz CT molecular complexity index is 887. The number of hydrogen-bond donors (Lipinski definition) is 2. The molecule has 0 spiro atoms. The number of nitrogens with two attached hydrogens (primary N) is 1. The lowest BCUT2D eigenvalue weighted by Gasteiger charge is -2.10. The number of benzene rings is 3. The molecule has 0 atom stereocenters. The van der Waals surface area contributed by atoms with Gasteiger partial charge in [0.05, 0.1) is 0 Å². The molecule has 1 amide bonds. The van der Waals surface area contributed by atoms with Crippen LogP contribution in [0, 0.1) is 0 Å². The second kappa shape index (κ2) is 7.55. The van der Waals surface area contributed by atoms with Gasteiger partial charge in [0, 0.05) is 28.9 Å². The van der Waals surface area contributed by atoms with Crippen LogP contribution in [0.4, 0.5) is 5.69 Å². The van der Waals surface area contributed by atoms with Crippen molar-refractivity contribution >= 4 is 17.4 Å². The summed E-state index contributed by atoms with van der Waals surface area (Å²) in [5.41, 5.74) is 8.90. The molecule has 0 aromatic heterocycles. The monoisotopic (exact) mass is 330 g/mol. The molecule has 0 radical (unpaired) electrons. The van der Waals surface area contributed by atoms with Crippen LogP contribution in [0.1, 0.15) is 31.8 Å². The van der Waals surface area contributed by atoms with Gasteiger partial charge >= 0.3 is 0 Å². The van der Waals surface area contributed by atoms with Gasteiger partial charge in [-0.15, -0.1) is 0 Å². The quantitative estimate of drug-likeness (QED) is 0.702. The minimum atomic E-state index is -0.236. The van der Waals surface area contributed by atoms with Crippen molar-refractivity contribution in [2.24, 2.45) is 5.73 Å². The normalized spacial score (nSPS) is 10.3. The highest BCUT2D eigenvalue weighted by atomic mass is 16.1. The van der Waals surface area contributed by atoms with Gasteiger partial charge in [-0.2, -0.15) is 0 Å². The molecule has 3 aromatic rings. The first-order valence-electron chi connectivity index (χ1n) is 7.98. The fourth-order valence-electron chi connectivity index (χ4n) is 2.54. The molecule has 3 N–H and O–H groups in total. The Morgan fingerprint density at radius 2 is 1.28 bits per heavy atom. The van der Waals surface area contributed by atoms with E-state index in [1.165, 1.54) is 0 Å². The maximum Gasteiger partial charge on any atom is 0.255 e. The Kier molecular flexibility index (Phi) is 5.02. The average Bonchev–Trinajstić information content (AvgIpc) is 2.68. The zero-order valence-electron chi connectivity index (χ0n) is 13.6. The summed E-state index contributed by atoms with van der Waals surface area (Å²) in [6.07, 6.45) is 0. The van der Waals surface area contributed by atoms with Crippen molar-refractivity contribution in [1.82, 2.24) is 0 Å². The van der Waals surface area contributed by atoms with Crippen LogP contribution in [0.25, 0.3) is 0 Å². The van der Waals surface area contributed by atoms with Crippen molar-refractivity contribution in [2.75, 3.05) is 5.32 Å². The van der Waals surface area contributed by atoms with E-state index in [1.54, 1.807) is 36.4 Å². The lowest BCUT2D eigenvalue weighted by atomic mass is 10.0. The summed E-state index contributed by atoms with van der Waals surface area (Å²) in [5, 5.41) is 2.85. The SMILES string of the molecule is NCc1ccccc1NC(=O)c1ccc(C(=O)c2ccccc2)cc1. The third-order valence-electron chi connectivity index (χ3n) is 3.93. The molecule has 0 aliphatic rings. The summed E-state index contributed by atoms with van der Waals surface area (Å²) in [4.78, 5) is 24.8. The third-order valence-corrected chi connectivity index (χ3v) is 3.93. The maximum absolute atomic E-state index is 12.4. The first-order chi connectivity index (χ1) is 12.2. The van der Waals surface area contributed by atoms with E-state index in [2.05, 4.69) is 5.32 Å². The topological polar surface area (TPSA) is 72.2 Å². The molecule has 0 heterocycles. The number of carbonyl (C=O) groups excluding carboxylic acids is 2. The van der Waals surface area contributed by atoms with Gasteiger partial charge in [0.2, 0.25) is 0 Å². The van der Waals surface area contributed by atoms with Gasteiger partial charge in [0.1, 0.15) is 0 Å². The summed E-state index contributed by atoms with van der Waals surface area (Å²) in [5.74, 6) is -0.305. The van der Waals surface area contributed by atoms with Crippen LogP contribution < -0.4 is 11.1 Å². The first-order valence-corrected chi connectivity index (χ1v) is 7.98. The van der Waals surface area contributed by atoms with Crippen LogP contribution in [0.3, 0.4) is 0 Å². The number of hydrogen-bond acceptors (Lipinski definition) is 3. The van der Waals surface area contributed by atoms with Crippen LogP contribution in [-0.4, -0.2) is 11.7 Å². The fraction of sp³-hybridized carbons (Fsp3) is 0.0476. The van der Waals surface area contributed by atoms with Crippen LogP contribution in [-0.2, 0) is 6.54 Å². The molecular weight excluding hydrogens is 312 g/mol. The molecule has 3 rings (SSSR count). The van der Waals surface area contributed by atoms with Crippen LogP contribution in [0.2, 0.25) is 0 Å². The smallest absolute Gasteiger partial charge is 0.255 e. The van der Waals surface area contributed by atoms with E-state index in [-0.39, 0.29) is 11.7 Å². The Morgan fingerprint density at radius 3 is 1.96 bits per heavy atom. The molecule has 0 aliphatic carbocycles. The number of anilines is 1. The summed E-state index contributed by atoms with van der Waals surface area (Å²) in [7, 11) is 0. The second-order valence-electron chi connectivity index (χ2n) is 5.59. The van der Waals surface area contributed by atoms with E-state index in [9.17, 15) is 9.59 Å². The summed E-state index contributed by atoms with van der Waals surface area (Å²) < 4.78 is 0. The number of ketones is 1. The fourth-order valence-corrected chi connectivity index (χ4v) is 2.54. The standard InChI is InChI=1S/C21H18N2O2/c22-14-18-8-4-5-9-19(18)23-21(25)17-12-10-16(11-13-17)20(24)15-6-2-1-3-7-15/h1-13H,14,22H2,(H,23,25). The highest BCUT2D eigenvalue weighted by molar-refractivity contribution is 6.10. The van der Waals surface area contributed by atoms with Gasteiger partial charge in [-0.3, -0.25) is 9.59 Å². The minimum absolute atomic E-state index is 0.0685. The predicted molar refractivity (Wildman–Crippen MR) is 98.6 cm³/mol. The lowest BCUT2D eigenvalue weighted by Crippen LogP contribution is -2.14. The van der Waals surface area contributed by atoms with E-state index < -0.39 is 0 Å². The Labute approximate surface area is 146 Å². The molecule has 0 aliphatic heterocycles. The Balaban J connectivity index is 1.76. The molecule has 3 aromatic carbocycles. The lowest BCUT2D eigenvalue weighted by molar-refractivity contribution is 0.102. The van der Waals surface area contributed by atoms with Gasteiger partial charge in [0.15, 0.2) is 5.78 Å². The molecule has 25 heavy (non-hydrogen) atoms. The van der Waals surface area contributed by atoms with E-state index >= 15 is 0 Å². The molecular formula is C21H18N2O2. The van der Waals surface area contributed by atoms with Crippen molar-refractivity contribution in [3.63, 3.8) is 0 Å². The van der Waals surface area contributed by atoms with Crippen molar-refractivity contribution in [2.45, 2.75) is 6.54 Å². The number of amides is 1. The molecule has 0 saturated heterocycles. The summed E-state index contributed by atoms with van der Waals surface area (Å²) in [6.45, 7) is 0.348. The Hall–Kier alpha value is -3.24. The third kappa shape index (κ3) is 3.82. The predicted octanol–water partition coefficient (Wildman–Crippen LogP) is 3.63. The number of rotatable bonds is 5. The van der Waals surface area contributed by atoms with Crippen molar-refractivity contribution in [3.8, 4) is 0 Å². The largest absolute Gasteiger partial charge is 0.326 e. The van der Waals surface area contributed by atoms with E-state index in [0.29, 0.717) is 28.9 Å². The zero-order valence-corrected chi connectivity index (χ0v) is 13.6. The summed E-state index contributed by atoms with van der Waals surface area (Å²) >= 11 is 0. The second-order valence-corrected chi connectivity index (χ2v) is 5.59. The van der Waals surface area contributed by atoms with Gasteiger partial charge in [0.25, 0.3) is 5.91 Å². The van der Waals surface area contributed by atoms with Gasteiger partial charge in [-0.25, -0.2) is 0 Å². The average molecular weight is 330 g/mol. The number of nitrogens with one attached hydrogen (secondary N) is 1. The highest BCUT2D eigenvalue weighted by Crippen LogP contribution is 2.16. The molecule has 0 saturated carbocycles. The number of carbonyl (C=O) groups is 2. The molecule has 4 heteroatoms. The van der Waals surface area contributed by atoms with Gasteiger partial charge in [-0.1, -0.05) is 60.7 Å². The van der Waals surface area contributed by atoms with Crippen LogP contribution in [0.15, 0.2) is 78.9 Å². The van der Waals surface area contributed by atoms with Crippen molar-refractivity contribution in [3.05, 3.63) is 101 Å². The van der Waals surface area contributed by atoms with E-state index in [4.69, 9.17) is 5.73 Å². The minimum Gasteiger partial charge on any atom is -0.326 e. The molecule has 4 nitrogen and oxygen atoms in total. The first kappa shape index (κ1) is 16.6. The van der Waals surface area contributed by atoms with E-state index in [1.807, 2.05) is 42.5 Å². The molecule has 0 bridgehead atoms. The molecule has 0 unspecified atom stereocenters.